The molecule has 0 fully saturated rings. The van der Waals surface area contributed by atoms with Crippen molar-refractivity contribution in [3.05, 3.63) is 135 Å². The number of aliphatic hydroxyl groups excluding tert-OH is 1. The van der Waals surface area contributed by atoms with Crippen LogP contribution in [0.25, 0.3) is 16.6 Å². The summed E-state index contributed by atoms with van der Waals surface area (Å²) >= 11 is 0. The Balaban J connectivity index is 0.000000416. The monoisotopic (exact) mass is 684 g/mol. The predicted octanol–water partition coefficient (Wildman–Crippen LogP) is 12.1. The molecule has 0 saturated heterocycles. The standard InChI is InChI=1S/C18H16F3N.C16H19F2NO.C3H6.2C2H6/c1-11-9-15(16(10-12(11)2)18(19,20)21)14-5-4-8-22-13(3)6-7-17(14)22;1-10-7-15(17)16(18)14(11(10)2)8-19-13-5-3-12(9-20)4-6-13;1-3-2;2*1-2/h4-10H,1-3H3;3,5,7,19-20H,4,6,8-9H2,1-2H3;3H,1H2,2H3;2*1-2H3. The minimum Gasteiger partial charge on any atom is -0.392 e. The van der Waals surface area contributed by atoms with Gasteiger partial charge in [0.05, 0.1) is 17.7 Å². The number of nitrogens with zero attached hydrogens (tertiary/aromatic N) is 1. The van der Waals surface area contributed by atoms with E-state index in [0.717, 1.165) is 52.0 Å². The molecule has 0 aliphatic heterocycles. The highest BCUT2D eigenvalue weighted by molar-refractivity contribution is 5.83. The number of halogens is 5. The first kappa shape index (κ1) is 42.9. The maximum absolute atomic E-state index is 13.8. The zero-order chi connectivity index (χ0) is 37.5. The highest BCUT2D eigenvalue weighted by atomic mass is 19.4. The molecule has 1 aliphatic carbocycles. The summed E-state index contributed by atoms with van der Waals surface area (Å²) in [6.45, 7) is 22.6. The Morgan fingerprint density at radius 3 is 2.02 bits per heavy atom. The van der Waals surface area contributed by atoms with Crippen LogP contribution in [0.15, 0.2) is 84.7 Å². The van der Waals surface area contributed by atoms with Gasteiger partial charge in [-0.15, -0.1) is 6.58 Å². The first-order valence-corrected chi connectivity index (χ1v) is 16.7. The van der Waals surface area contributed by atoms with E-state index in [2.05, 4.69) is 11.9 Å². The van der Waals surface area contributed by atoms with Crippen LogP contribution in [-0.4, -0.2) is 16.1 Å². The highest BCUT2D eigenvalue weighted by Crippen LogP contribution is 2.40. The van der Waals surface area contributed by atoms with E-state index in [0.29, 0.717) is 16.7 Å². The van der Waals surface area contributed by atoms with Crippen molar-refractivity contribution in [3.63, 3.8) is 0 Å². The summed E-state index contributed by atoms with van der Waals surface area (Å²) < 4.78 is 69.5. The maximum atomic E-state index is 13.8. The van der Waals surface area contributed by atoms with Crippen LogP contribution in [0.1, 0.15) is 86.5 Å². The number of pyridine rings is 1. The zero-order valence-corrected chi connectivity index (χ0v) is 30.7. The number of aliphatic hydroxyl groups is 1. The number of alkyl halides is 3. The fourth-order valence-electron chi connectivity index (χ4n) is 5.06. The van der Waals surface area contributed by atoms with Gasteiger partial charge in [0.1, 0.15) is 0 Å². The lowest BCUT2D eigenvalue weighted by Gasteiger charge is -2.17. The molecule has 8 heteroatoms. The van der Waals surface area contributed by atoms with Crippen molar-refractivity contribution in [2.24, 2.45) is 0 Å². The smallest absolute Gasteiger partial charge is 0.392 e. The lowest BCUT2D eigenvalue weighted by Crippen LogP contribution is -2.17. The van der Waals surface area contributed by atoms with Crippen molar-refractivity contribution in [3.8, 4) is 11.1 Å². The van der Waals surface area contributed by atoms with Crippen LogP contribution in [0, 0.1) is 46.3 Å². The molecule has 0 saturated carbocycles. The van der Waals surface area contributed by atoms with E-state index in [1.165, 1.54) is 12.1 Å². The Bertz CT molecular complexity index is 1700. The summed E-state index contributed by atoms with van der Waals surface area (Å²) in [7, 11) is 0. The van der Waals surface area contributed by atoms with E-state index < -0.39 is 23.4 Å². The Labute approximate surface area is 289 Å². The second-order valence-electron chi connectivity index (χ2n) is 11.2. The molecule has 3 nitrogen and oxygen atoms in total. The number of hydrogen-bond donors (Lipinski definition) is 2. The Morgan fingerprint density at radius 2 is 1.47 bits per heavy atom. The number of aryl methyl sites for hydroxylation is 4. The summed E-state index contributed by atoms with van der Waals surface area (Å²) in [5.74, 6) is -1.58. The molecular formula is C41H53F5N2O. The lowest BCUT2D eigenvalue weighted by atomic mass is 9.94. The number of fused-ring (bicyclic) bond motifs is 1. The number of aromatic nitrogens is 1. The van der Waals surface area contributed by atoms with Gasteiger partial charge in [-0.05, 0) is 124 Å². The molecule has 2 aromatic heterocycles. The minimum atomic E-state index is -4.37. The van der Waals surface area contributed by atoms with Gasteiger partial charge in [-0.2, -0.15) is 13.2 Å². The second kappa shape index (κ2) is 20.4. The molecule has 4 aromatic rings. The van der Waals surface area contributed by atoms with Crippen molar-refractivity contribution in [2.75, 3.05) is 6.61 Å². The van der Waals surface area contributed by atoms with Gasteiger partial charge in [0.2, 0.25) is 0 Å². The van der Waals surface area contributed by atoms with Gasteiger partial charge in [-0.25, -0.2) is 8.78 Å². The number of benzene rings is 2. The van der Waals surface area contributed by atoms with Gasteiger partial charge < -0.3 is 14.8 Å². The van der Waals surface area contributed by atoms with Crippen LogP contribution in [0.2, 0.25) is 0 Å². The molecule has 1 aliphatic rings. The average molecular weight is 685 g/mol. The SMILES string of the molecule is C=CC.CC.CC.Cc1cc(-c2cccn3c(C)ccc23)c(C(F)(F)F)cc1C.Cc1cc(F)c(F)c(CNC2=CC=C(CO)CC2)c1C. The Morgan fingerprint density at radius 1 is 0.857 bits per heavy atom. The predicted molar refractivity (Wildman–Crippen MR) is 196 cm³/mol. The van der Waals surface area contributed by atoms with Crippen LogP contribution in [0.3, 0.4) is 0 Å². The van der Waals surface area contributed by atoms with Crippen molar-refractivity contribution in [1.82, 2.24) is 9.72 Å². The average Bonchev–Trinajstić information content (AvgIpc) is 3.48. The molecule has 0 atom stereocenters. The van der Waals surface area contributed by atoms with Crippen molar-refractivity contribution in [2.45, 2.75) is 94.8 Å². The third-order valence-electron chi connectivity index (χ3n) is 7.92. The zero-order valence-electron chi connectivity index (χ0n) is 30.7. The third-order valence-corrected chi connectivity index (χ3v) is 7.92. The molecule has 49 heavy (non-hydrogen) atoms. The quantitative estimate of drug-likeness (QED) is 0.162. The fraction of sp³-hybridized carbons (Fsp3) is 0.366. The molecule has 5 rings (SSSR count). The number of rotatable bonds is 5. The summed E-state index contributed by atoms with van der Waals surface area (Å²) in [4.78, 5) is 0. The molecule has 0 spiro atoms. The molecule has 0 radical (unpaired) electrons. The lowest BCUT2D eigenvalue weighted by molar-refractivity contribution is -0.137. The number of allylic oxidation sites excluding steroid dienone is 4. The number of hydrogen-bond acceptors (Lipinski definition) is 2. The topological polar surface area (TPSA) is 36.7 Å². The molecule has 0 unspecified atom stereocenters. The molecular weight excluding hydrogens is 631 g/mol. The van der Waals surface area contributed by atoms with Crippen LogP contribution in [0.4, 0.5) is 22.0 Å². The van der Waals surface area contributed by atoms with Gasteiger partial charge in [0, 0.05) is 35.3 Å². The van der Waals surface area contributed by atoms with Gasteiger partial charge in [-0.1, -0.05) is 52.0 Å². The molecule has 2 N–H and O–H groups in total. The van der Waals surface area contributed by atoms with Crippen LogP contribution >= 0.6 is 0 Å². The van der Waals surface area contributed by atoms with E-state index in [1.54, 1.807) is 45.0 Å². The Kier molecular flexibility index (Phi) is 17.8. The molecule has 0 bridgehead atoms. The third kappa shape index (κ3) is 11.5. The van der Waals surface area contributed by atoms with Gasteiger partial charge in [0.25, 0.3) is 0 Å². The minimum absolute atomic E-state index is 0.0700. The molecule has 2 aromatic carbocycles. The normalized spacial score (nSPS) is 12.0. The van der Waals surface area contributed by atoms with Crippen LogP contribution in [-0.2, 0) is 12.7 Å². The first-order valence-electron chi connectivity index (χ1n) is 16.7. The molecule has 268 valence electrons. The van der Waals surface area contributed by atoms with E-state index in [4.69, 9.17) is 5.11 Å². The molecule has 2 heterocycles. The summed E-state index contributed by atoms with van der Waals surface area (Å²) in [5, 5.41) is 12.2. The fourth-order valence-corrected chi connectivity index (χ4v) is 5.06. The maximum Gasteiger partial charge on any atom is 0.417 e. The van der Waals surface area contributed by atoms with E-state index in [1.807, 2.05) is 83.3 Å². The Hall–Kier alpha value is -4.17. The van der Waals surface area contributed by atoms with Crippen molar-refractivity contribution in [1.29, 1.82) is 0 Å². The van der Waals surface area contributed by atoms with Crippen LogP contribution < -0.4 is 5.32 Å². The summed E-state index contributed by atoms with van der Waals surface area (Å²) in [6, 6.07) is 11.4. The van der Waals surface area contributed by atoms with Gasteiger partial charge >= 0.3 is 6.18 Å². The van der Waals surface area contributed by atoms with Gasteiger partial charge in [0.15, 0.2) is 11.6 Å². The summed E-state index contributed by atoms with van der Waals surface area (Å²) in [6.07, 6.45) is 4.56. The van der Waals surface area contributed by atoms with E-state index >= 15 is 0 Å². The van der Waals surface area contributed by atoms with E-state index in [-0.39, 0.29) is 18.7 Å². The van der Waals surface area contributed by atoms with Crippen molar-refractivity contribution >= 4 is 5.52 Å². The van der Waals surface area contributed by atoms with E-state index in [9.17, 15) is 22.0 Å². The van der Waals surface area contributed by atoms with Gasteiger partial charge in [-0.3, -0.25) is 0 Å². The molecule has 0 amide bonds. The van der Waals surface area contributed by atoms with Crippen LogP contribution in [0.5, 0.6) is 0 Å². The summed E-state index contributed by atoms with van der Waals surface area (Å²) in [5.41, 5.74) is 7.40. The highest BCUT2D eigenvalue weighted by Gasteiger charge is 2.34. The first-order chi connectivity index (χ1) is 23.2. The second-order valence-corrected chi connectivity index (χ2v) is 11.2. The largest absolute Gasteiger partial charge is 0.417 e. The number of nitrogens with one attached hydrogen (secondary N) is 1. The van der Waals surface area contributed by atoms with Crippen molar-refractivity contribution < 1.29 is 27.1 Å².